The van der Waals surface area contributed by atoms with Crippen LogP contribution >= 0.6 is 11.6 Å². The van der Waals surface area contributed by atoms with Crippen LogP contribution in [0, 0.1) is 5.92 Å². The van der Waals surface area contributed by atoms with Crippen molar-refractivity contribution in [1.82, 2.24) is 10.3 Å². The van der Waals surface area contributed by atoms with E-state index in [1.54, 1.807) is 6.07 Å². The molecule has 5 heteroatoms. The molecule has 0 aromatic carbocycles. The zero-order valence-corrected chi connectivity index (χ0v) is 12.5. The Bertz CT molecular complexity index is 421. The lowest BCUT2D eigenvalue weighted by atomic mass is 10.1. The Morgan fingerprint density at radius 2 is 2.21 bits per heavy atom. The van der Waals surface area contributed by atoms with Crippen molar-refractivity contribution in [3.63, 3.8) is 0 Å². The Hall–Kier alpha value is -1.29. The minimum absolute atomic E-state index is 0.143. The number of halogens is 1. The predicted octanol–water partition coefficient (Wildman–Crippen LogP) is 3.33. The van der Waals surface area contributed by atoms with Crippen LogP contribution in [-0.4, -0.2) is 24.0 Å². The Morgan fingerprint density at radius 3 is 2.84 bits per heavy atom. The van der Waals surface area contributed by atoms with E-state index in [1.165, 1.54) is 6.20 Å². The van der Waals surface area contributed by atoms with Gasteiger partial charge >= 0.3 is 0 Å². The Labute approximate surface area is 120 Å². The number of hydrogen-bond acceptors (Lipinski definition) is 3. The molecule has 0 spiro atoms. The van der Waals surface area contributed by atoms with Gasteiger partial charge in [0.15, 0.2) is 0 Å². The van der Waals surface area contributed by atoms with Crippen LogP contribution < -0.4 is 10.6 Å². The summed E-state index contributed by atoms with van der Waals surface area (Å²) in [6.07, 6.45) is 3.59. The highest BCUT2D eigenvalue weighted by molar-refractivity contribution is 6.33. The van der Waals surface area contributed by atoms with E-state index in [9.17, 15) is 4.79 Å². The summed E-state index contributed by atoms with van der Waals surface area (Å²) in [5.74, 6) is 1.18. The van der Waals surface area contributed by atoms with Gasteiger partial charge in [-0.2, -0.15) is 0 Å². The molecular formula is C14H22ClN3O. The molecule has 0 fully saturated rings. The van der Waals surface area contributed by atoms with Crippen LogP contribution in [0.2, 0.25) is 5.02 Å². The zero-order valence-electron chi connectivity index (χ0n) is 11.8. The second-order valence-corrected chi connectivity index (χ2v) is 5.28. The van der Waals surface area contributed by atoms with E-state index >= 15 is 0 Å². The Kier molecular flexibility index (Phi) is 6.64. The number of anilines is 1. The first-order chi connectivity index (χ1) is 9.04. The average molecular weight is 284 g/mol. The number of pyridine rings is 1. The number of carbonyl (C=O) groups excluding carboxylic acids is 1. The molecule has 19 heavy (non-hydrogen) atoms. The van der Waals surface area contributed by atoms with Crippen LogP contribution in [0.5, 0.6) is 0 Å². The van der Waals surface area contributed by atoms with E-state index < -0.39 is 0 Å². The summed E-state index contributed by atoms with van der Waals surface area (Å²) in [5, 5.41) is 6.33. The molecule has 1 aromatic heterocycles. The molecule has 4 nitrogen and oxygen atoms in total. The molecule has 0 bridgehead atoms. The molecule has 0 saturated carbocycles. The molecule has 2 N–H and O–H groups in total. The largest absolute Gasteiger partial charge is 0.370 e. The molecule has 1 rings (SSSR count). The van der Waals surface area contributed by atoms with Crippen LogP contribution in [0.4, 0.5) is 5.82 Å². The third-order valence-corrected chi connectivity index (χ3v) is 3.00. The maximum Gasteiger partial charge on any atom is 0.252 e. The van der Waals surface area contributed by atoms with Gasteiger partial charge in [0.25, 0.3) is 5.91 Å². The molecule has 0 atom stereocenters. The quantitative estimate of drug-likeness (QED) is 0.755. The van der Waals surface area contributed by atoms with Gasteiger partial charge in [-0.3, -0.25) is 4.79 Å². The van der Waals surface area contributed by atoms with Crippen molar-refractivity contribution in [1.29, 1.82) is 0 Å². The van der Waals surface area contributed by atoms with Gasteiger partial charge < -0.3 is 10.6 Å². The molecule has 1 aromatic rings. The van der Waals surface area contributed by atoms with Gasteiger partial charge in [-0.15, -0.1) is 0 Å². The third-order valence-electron chi connectivity index (χ3n) is 2.70. The molecule has 0 saturated heterocycles. The van der Waals surface area contributed by atoms with Crippen LogP contribution in [0.1, 0.15) is 44.0 Å². The highest BCUT2D eigenvalue weighted by Crippen LogP contribution is 2.17. The second-order valence-electron chi connectivity index (χ2n) is 4.87. The number of nitrogens with one attached hydrogen (secondary N) is 2. The summed E-state index contributed by atoms with van der Waals surface area (Å²) in [6.45, 7) is 7.74. The highest BCUT2D eigenvalue weighted by Gasteiger charge is 2.11. The lowest BCUT2D eigenvalue weighted by molar-refractivity contribution is 0.0952. The van der Waals surface area contributed by atoms with Crippen molar-refractivity contribution in [3.05, 3.63) is 22.8 Å². The summed E-state index contributed by atoms with van der Waals surface area (Å²) >= 11 is 6.00. The number of rotatable bonds is 7. The van der Waals surface area contributed by atoms with Gasteiger partial charge in [0.2, 0.25) is 0 Å². The van der Waals surface area contributed by atoms with Crippen molar-refractivity contribution >= 4 is 23.3 Å². The van der Waals surface area contributed by atoms with Crippen molar-refractivity contribution in [2.24, 2.45) is 5.92 Å². The maximum absolute atomic E-state index is 12.0. The predicted molar refractivity (Wildman–Crippen MR) is 79.8 cm³/mol. The molecular weight excluding hydrogens is 262 g/mol. The van der Waals surface area contributed by atoms with Crippen molar-refractivity contribution in [2.75, 3.05) is 18.4 Å². The summed E-state index contributed by atoms with van der Waals surface area (Å²) in [4.78, 5) is 16.1. The number of aromatic nitrogens is 1. The summed E-state index contributed by atoms with van der Waals surface area (Å²) in [6, 6.07) is 1.68. The van der Waals surface area contributed by atoms with Gasteiger partial charge in [0.1, 0.15) is 5.82 Å². The van der Waals surface area contributed by atoms with Crippen molar-refractivity contribution < 1.29 is 4.79 Å². The van der Waals surface area contributed by atoms with Gasteiger partial charge in [-0.1, -0.05) is 25.4 Å². The van der Waals surface area contributed by atoms with Gasteiger partial charge in [0.05, 0.1) is 10.6 Å². The SMILES string of the molecule is CCNc1cc(C(=O)NCCCC(C)C)c(Cl)cn1. The first-order valence-electron chi connectivity index (χ1n) is 6.72. The third kappa shape index (κ3) is 5.47. The molecule has 1 heterocycles. The van der Waals surface area contributed by atoms with Crippen LogP contribution in [0.15, 0.2) is 12.3 Å². The lowest BCUT2D eigenvalue weighted by Crippen LogP contribution is -2.25. The van der Waals surface area contributed by atoms with Crippen LogP contribution in [0.25, 0.3) is 0 Å². The minimum atomic E-state index is -0.143. The fourth-order valence-electron chi connectivity index (χ4n) is 1.70. The first kappa shape index (κ1) is 15.8. The topological polar surface area (TPSA) is 54.0 Å². The second kappa shape index (κ2) is 8.00. The highest BCUT2D eigenvalue weighted by atomic mass is 35.5. The maximum atomic E-state index is 12.0. The lowest BCUT2D eigenvalue weighted by Gasteiger charge is -2.09. The smallest absolute Gasteiger partial charge is 0.252 e. The van der Waals surface area contributed by atoms with Crippen LogP contribution in [-0.2, 0) is 0 Å². The average Bonchev–Trinajstić information content (AvgIpc) is 2.36. The van der Waals surface area contributed by atoms with E-state index in [-0.39, 0.29) is 5.91 Å². The fourth-order valence-corrected chi connectivity index (χ4v) is 1.89. The summed E-state index contributed by atoms with van der Waals surface area (Å²) in [5.41, 5.74) is 0.470. The number of amides is 1. The molecule has 0 aliphatic rings. The standard InChI is InChI=1S/C14H22ClN3O/c1-4-16-13-8-11(12(15)9-18-13)14(19)17-7-5-6-10(2)3/h8-10H,4-7H2,1-3H3,(H,16,18)(H,17,19). The Morgan fingerprint density at radius 1 is 1.47 bits per heavy atom. The van der Waals surface area contributed by atoms with E-state index in [4.69, 9.17) is 11.6 Å². The molecule has 0 unspecified atom stereocenters. The summed E-state index contributed by atoms with van der Waals surface area (Å²) < 4.78 is 0. The normalized spacial score (nSPS) is 10.6. The van der Waals surface area contributed by atoms with E-state index in [2.05, 4.69) is 29.5 Å². The Balaban J connectivity index is 2.57. The molecule has 106 valence electrons. The number of nitrogens with zero attached hydrogens (tertiary/aromatic N) is 1. The minimum Gasteiger partial charge on any atom is -0.370 e. The molecule has 0 aliphatic carbocycles. The summed E-state index contributed by atoms with van der Waals surface area (Å²) in [7, 11) is 0. The van der Waals surface area contributed by atoms with E-state index in [0.29, 0.717) is 28.9 Å². The van der Waals surface area contributed by atoms with Gasteiger partial charge in [0, 0.05) is 19.3 Å². The monoisotopic (exact) mass is 283 g/mol. The van der Waals surface area contributed by atoms with E-state index in [1.807, 2.05) is 6.92 Å². The van der Waals surface area contributed by atoms with Gasteiger partial charge in [-0.05, 0) is 31.7 Å². The molecule has 1 amide bonds. The number of carbonyl (C=O) groups is 1. The molecule has 0 aliphatic heterocycles. The fraction of sp³-hybridized carbons (Fsp3) is 0.571. The number of hydrogen-bond donors (Lipinski definition) is 2. The zero-order chi connectivity index (χ0) is 14.3. The van der Waals surface area contributed by atoms with Crippen molar-refractivity contribution in [3.8, 4) is 0 Å². The van der Waals surface area contributed by atoms with Gasteiger partial charge in [-0.25, -0.2) is 4.98 Å². The van der Waals surface area contributed by atoms with Crippen LogP contribution in [0.3, 0.4) is 0 Å². The first-order valence-corrected chi connectivity index (χ1v) is 7.10. The van der Waals surface area contributed by atoms with Crippen molar-refractivity contribution in [2.45, 2.75) is 33.6 Å². The van der Waals surface area contributed by atoms with E-state index in [0.717, 1.165) is 19.4 Å². The molecule has 0 radical (unpaired) electrons.